The topological polar surface area (TPSA) is 59.6 Å². The Morgan fingerprint density at radius 1 is 1.25 bits per heavy atom. The molecule has 24 heavy (non-hydrogen) atoms. The lowest BCUT2D eigenvalue weighted by Gasteiger charge is -2.10. The fourth-order valence-corrected chi connectivity index (χ4v) is 2.90. The van der Waals surface area contributed by atoms with Crippen LogP contribution in [0.3, 0.4) is 0 Å². The maximum absolute atomic E-state index is 5.96. The fraction of sp³-hybridized carbons (Fsp3) is 0.278. The molecule has 0 bridgehead atoms. The molecule has 4 nitrogen and oxygen atoms in total. The number of guanidine groups is 1. The van der Waals surface area contributed by atoms with Gasteiger partial charge in [-0.3, -0.25) is 4.99 Å². The van der Waals surface area contributed by atoms with Crippen molar-refractivity contribution in [1.82, 2.24) is 0 Å². The largest absolute Gasteiger partial charge is 0.495 e. The third-order valence-electron chi connectivity index (χ3n) is 3.52. The summed E-state index contributed by atoms with van der Waals surface area (Å²) >= 11 is 3.49. The summed E-state index contributed by atoms with van der Waals surface area (Å²) in [5, 5.41) is 3.13. The highest BCUT2D eigenvalue weighted by Gasteiger charge is 2.06. The fourth-order valence-electron chi connectivity index (χ4n) is 2.33. The first kappa shape index (κ1) is 20.8. The maximum atomic E-state index is 5.96. The molecule has 0 radical (unpaired) electrons. The summed E-state index contributed by atoms with van der Waals surface area (Å²) in [7, 11) is 1.67. The van der Waals surface area contributed by atoms with Crippen molar-refractivity contribution in [3.05, 3.63) is 58.1 Å². The van der Waals surface area contributed by atoms with Crippen LogP contribution in [0.15, 0.2) is 51.9 Å². The Morgan fingerprint density at radius 3 is 2.71 bits per heavy atom. The lowest BCUT2D eigenvalue weighted by molar-refractivity contribution is 0.407. The quantitative estimate of drug-likeness (QED) is 0.344. The highest BCUT2D eigenvalue weighted by Crippen LogP contribution is 2.28. The monoisotopic (exact) mass is 503 g/mol. The molecular weight excluding hydrogens is 481 g/mol. The molecule has 6 heteroatoms. The van der Waals surface area contributed by atoms with E-state index in [9.17, 15) is 0 Å². The van der Waals surface area contributed by atoms with Gasteiger partial charge in [-0.1, -0.05) is 31.2 Å². The molecule has 0 saturated heterocycles. The van der Waals surface area contributed by atoms with E-state index in [0.29, 0.717) is 12.5 Å². The summed E-state index contributed by atoms with van der Waals surface area (Å²) < 4.78 is 6.36. The molecule has 2 rings (SSSR count). The van der Waals surface area contributed by atoms with E-state index in [0.717, 1.165) is 34.3 Å². The lowest BCUT2D eigenvalue weighted by Crippen LogP contribution is -2.23. The zero-order valence-electron chi connectivity index (χ0n) is 13.9. The Bertz CT molecular complexity index is 692. The molecule has 130 valence electrons. The Kier molecular flexibility index (Phi) is 9.13. The molecule has 0 atom stereocenters. The van der Waals surface area contributed by atoms with Gasteiger partial charge in [-0.2, -0.15) is 0 Å². The number of nitrogens with two attached hydrogens (primary N) is 1. The van der Waals surface area contributed by atoms with Crippen LogP contribution < -0.4 is 15.8 Å². The average Bonchev–Trinajstić information content (AvgIpc) is 2.55. The predicted molar refractivity (Wildman–Crippen MR) is 116 cm³/mol. The standard InChI is InChI=1S/C18H22BrN3O.HI/c1-3-13-6-4-8-15(12-13)22-18(20)21-11-10-14-7-5-9-16(19)17(14)23-2;/h4-9,12H,3,10-11H2,1-2H3,(H3,20,21,22);1H. The molecule has 0 spiro atoms. The van der Waals surface area contributed by atoms with Gasteiger partial charge >= 0.3 is 0 Å². The SMILES string of the molecule is CCc1cccc(NC(N)=NCCc2cccc(Br)c2OC)c1.I. The summed E-state index contributed by atoms with van der Waals surface area (Å²) in [5.41, 5.74) is 9.29. The first-order chi connectivity index (χ1) is 11.1. The Balaban J connectivity index is 0.00000288. The lowest BCUT2D eigenvalue weighted by atomic mass is 10.1. The number of hydrogen-bond donors (Lipinski definition) is 2. The van der Waals surface area contributed by atoms with Gasteiger partial charge in [0.2, 0.25) is 0 Å². The zero-order chi connectivity index (χ0) is 16.7. The number of nitrogens with zero attached hydrogens (tertiary/aromatic N) is 1. The summed E-state index contributed by atoms with van der Waals surface area (Å²) in [6.45, 7) is 2.72. The van der Waals surface area contributed by atoms with Gasteiger partial charge in [0.25, 0.3) is 0 Å². The van der Waals surface area contributed by atoms with E-state index in [2.05, 4.69) is 45.3 Å². The van der Waals surface area contributed by atoms with Crippen LogP contribution in [0, 0.1) is 0 Å². The molecule has 0 aliphatic carbocycles. The van der Waals surface area contributed by atoms with Gasteiger partial charge in [0.15, 0.2) is 5.96 Å². The summed E-state index contributed by atoms with van der Waals surface area (Å²) in [6.07, 6.45) is 1.76. The summed E-state index contributed by atoms with van der Waals surface area (Å²) in [4.78, 5) is 4.39. The minimum absolute atomic E-state index is 0. The van der Waals surface area contributed by atoms with Gasteiger partial charge in [0.05, 0.1) is 11.6 Å². The normalized spacial score (nSPS) is 10.9. The van der Waals surface area contributed by atoms with Crippen LogP contribution in [0.5, 0.6) is 5.75 Å². The predicted octanol–water partition coefficient (Wildman–Crippen LogP) is 4.61. The van der Waals surface area contributed by atoms with E-state index in [1.54, 1.807) is 7.11 Å². The number of halogens is 2. The third-order valence-corrected chi connectivity index (χ3v) is 4.15. The number of hydrogen-bond acceptors (Lipinski definition) is 2. The highest BCUT2D eigenvalue weighted by molar-refractivity contribution is 14.0. The highest BCUT2D eigenvalue weighted by atomic mass is 127. The first-order valence-corrected chi connectivity index (χ1v) is 8.40. The number of aryl methyl sites for hydroxylation is 1. The first-order valence-electron chi connectivity index (χ1n) is 7.61. The molecule has 0 fully saturated rings. The van der Waals surface area contributed by atoms with E-state index < -0.39 is 0 Å². The summed E-state index contributed by atoms with van der Waals surface area (Å²) in [6, 6.07) is 14.2. The number of nitrogens with one attached hydrogen (secondary N) is 1. The van der Waals surface area contributed by atoms with E-state index >= 15 is 0 Å². The van der Waals surface area contributed by atoms with E-state index in [1.807, 2.05) is 30.3 Å². The van der Waals surface area contributed by atoms with E-state index in [1.165, 1.54) is 5.56 Å². The number of aliphatic imine (C=N–C) groups is 1. The molecule has 0 heterocycles. The minimum atomic E-state index is 0. The molecule has 0 aliphatic rings. The van der Waals surface area contributed by atoms with Crippen LogP contribution >= 0.6 is 39.9 Å². The minimum Gasteiger partial charge on any atom is -0.495 e. The maximum Gasteiger partial charge on any atom is 0.193 e. The van der Waals surface area contributed by atoms with Crippen molar-refractivity contribution in [2.24, 2.45) is 10.7 Å². The molecule has 2 aromatic rings. The van der Waals surface area contributed by atoms with Crippen molar-refractivity contribution >= 4 is 51.6 Å². The molecule has 0 saturated carbocycles. The Hall–Kier alpha value is -1.28. The second-order valence-corrected chi connectivity index (χ2v) is 5.98. The molecule has 3 N–H and O–H groups in total. The zero-order valence-corrected chi connectivity index (χ0v) is 17.8. The Morgan fingerprint density at radius 2 is 2.00 bits per heavy atom. The van der Waals surface area contributed by atoms with Gasteiger partial charge in [0, 0.05) is 12.2 Å². The van der Waals surface area contributed by atoms with Gasteiger partial charge in [-0.25, -0.2) is 0 Å². The summed E-state index contributed by atoms with van der Waals surface area (Å²) in [5.74, 6) is 1.28. The molecule has 2 aromatic carbocycles. The average molecular weight is 504 g/mol. The van der Waals surface area contributed by atoms with Crippen LogP contribution in [-0.4, -0.2) is 19.6 Å². The van der Waals surface area contributed by atoms with Crippen molar-refractivity contribution in [3.8, 4) is 5.75 Å². The number of anilines is 1. The van der Waals surface area contributed by atoms with Gasteiger partial charge in [-0.15, -0.1) is 24.0 Å². The van der Waals surface area contributed by atoms with Crippen LogP contribution in [0.2, 0.25) is 0 Å². The number of rotatable bonds is 6. The van der Waals surface area contributed by atoms with Crippen molar-refractivity contribution in [2.45, 2.75) is 19.8 Å². The van der Waals surface area contributed by atoms with Crippen molar-refractivity contribution in [3.63, 3.8) is 0 Å². The molecule has 0 unspecified atom stereocenters. The van der Waals surface area contributed by atoms with Crippen LogP contribution in [0.25, 0.3) is 0 Å². The Labute approximate surface area is 169 Å². The second kappa shape index (κ2) is 10.6. The van der Waals surface area contributed by atoms with Gasteiger partial charge < -0.3 is 15.8 Å². The number of methoxy groups -OCH3 is 1. The van der Waals surface area contributed by atoms with Crippen LogP contribution in [-0.2, 0) is 12.8 Å². The third kappa shape index (κ3) is 5.98. The van der Waals surface area contributed by atoms with Crippen molar-refractivity contribution in [2.75, 3.05) is 19.0 Å². The van der Waals surface area contributed by atoms with Crippen LogP contribution in [0.4, 0.5) is 5.69 Å². The smallest absolute Gasteiger partial charge is 0.193 e. The molecule has 0 amide bonds. The van der Waals surface area contributed by atoms with E-state index in [4.69, 9.17) is 10.5 Å². The van der Waals surface area contributed by atoms with E-state index in [-0.39, 0.29) is 24.0 Å². The van der Waals surface area contributed by atoms with Gasteiger partial charge in [0.1, 0.15) is 5.75 Å². The molecule has 0 aliphatic heterocycles. The molecular formula is C18H23BrIN3O. The second-order valence-electron chi connectivity index (χ2n) is 5.13. The number of ether oxygens (including phenoxy) is 1. The number of benzene rings is 2. The van der Waals surface area contributed by atoms with Crippen molar-refractivity contribution in [1.29, 1.82) is 0 Å². The van der Waals surface area contributed by atoms with Gasteiger partial charge in [-0.05, 0) is 58.1 Å². The van der Waals surface area contributed by atoms with Crippen molar-refractivity contribution < 1.29 is 4.74 Å². The number of para-hydroxylation sites is 1. The molecule has 0 aromatic heterocycles. The van der Waals surface area contributed by atoms with Crippen LogP contribution in [0.1, 0.15) is 18.1 Å².